The van der Waals surface area contributed by atoms with Gasteiger partial charge in [0.2, 0.25) is 0 Å². The lowest BCUT2D eigenvalue weighted by Gasteiger charge is -2.35. The molecule has 0 aliphatic carbocycles. The van der Waals surface area contributed by atoms with E-state index in [2.05, 4.69) is 15.0 Å². The smallest absolute Gasteiger partial charge is 0.274 e. The van der Waals surface area contributed by atoms with Crippen LogP contribution in [0.4, 0.5) is 5.82 Å². The van der Waals surface area contributed by atoms with Gasteiger partial charge in [0.25, 0.3) is 5.91 Å². The lowest BCUT2D eigenvalue weighted by Crippen LogP contribution is -2.49. The van der Waals surface area contributed by atoms with Crippen molar-refractivity contribution in [3.63, 3.8) is 0 Å². The topological polar surface area (TPSA) is 54.3 Å². The van der Waals surface area contributed by atoms with E-state index in [1.54, 1.807) is 6.20 Å². The number of nitrogens with zero attached hydrogens (tertiary/aromatic N) is 5. The van der Waals surface area contributed by atoms with Crippen molar-refractivity contribution >= 4 is 11.7 Å². The molecule has 1 fully saturated rings. The average Bonchev–Trinajstić information content (AvgIpc) is 3.10. The van der Waals surface area contributed by atoms with Crippen LogP contribution in [0.5, 0.6) is 0 Å². The van der Waals surface area contributed by atoms with Crippen molar-refractivity contribution in [2.45, 2.75) is 6.92 Å². The number of carbonyl (C=O) groups excluding carboxylic acids is 1. The van der Waals surface area contributed by atoms with E-state index in [4.69, 9.17) is 0 Å². The Morgan fingerprint density at radius 3 is 2.38 bits per heavy atom. The first-order valence-corrected chi connectivity index (χ1v) is 8.80. The molecule has 0 unspecified atom stereocenters. The van der Waals surface area contributed by atoms with Crippen molar-refractivity contribution in [1.82, 2.24) is 19.7 Å². The molecule has 3 aromatic rings. The van der Waals surface area contributed by atoms with Crippen molar-refractivity contribution < 1.29 is 4.79 Å². The molecule has 3 heterocycles. The number of hydrogen-bond donors (Lipinski definition) is 0. The van der Waals surface area contributed by atoms with Crippen molar-refractivity contribution in [1.29, 1.82) is 0 Å². The predicted octanol–water partition coefficient (Wildman–Crippen LogP) is 2.54. The second kappa shape index (κ2) is 7.00. The molecule has 6 heteroatoms. The summed E-state index contributed by atoms with van der Waals surface area (Å²) < 4.78 is 1.82. The van der Waals surface area contributed by atoms with Gasteiger partial charge in [-0.05, 0) is 37.3 Å². The molecule has 4 rings (SSSR count). The van der Waals surface area contributed by atoms with Gasteiger partial charge in [-0.1, -0.05) is 24.3 Å². The minimum Gasteiger partial charge on any atom is -0.353 e. The maximum Gasteiger partial charge on any atom is 0.274 e. The Hall–Kier alpha value is -3.15. The number of benzene rings is 1. The van der Waals surface area contributed by atoms with Gasteiger partial charge in [-0.15, -0.1) is 0 Å². The highest BCUT2D eigenvalue weighted by atomic mass is 16.2. The first-order valence-electron chi connectivity index (χ1n) is 8.80. The quantitative estimate of drug-likeness (QED) is 0.731. The van der Waals surface area contributed by atoms with E-state index in [9.17, 15) is 4.79 Å². The lowest BCUT2D eigenvalue weighted by atomic mass is 10.2. The van der Waals surface area contributed by atoms with Crippen LogP contribution in [-0.4, -0.2) is 51.8 Å². The molecule has 1 aliphatic rings. The Morgan fingerprint density at radius 1 is 0.962 bits per heavy atom. The first-order chi connectivity index (χ1) is 12.7. The number of hydrogen-bond acceptors (Lipinski definition) is 4. The van der Waals surface area contributed by atoms with E-state index < -0.39 is 0 Å². The fourth-order valence-corrected chi connectivity index (χ4v) is 3.25. The molecule has 1 saturated heterocycles. The van der Waals surface area contributed by atoms with Crippen molar-refractivity contribution in [3.8, 4) is 5.69 Å². The van der Waals surface area contributed by atoms with Crippen LogP contribution in [0.1, 0.15) is 16.2 Å². The van der Waals surface area contributed by atoms with Crippen molar-refractivity contribution in [3.05, 3.63) is 72.2 Å². The molecule has 1 aliphatic heterocycles. The normalized spacial score (nSPS) is 14.5. The summed E-state index contributed by atoms with van der Waals surface area (Å²) in [6.07, 6.45) is 1.80. The maximum absolute atomic E-state index is 12.9. The van der Waals surface area contributed by atoms with Crippen LogP contribution in [-0.2, 0) is 0 Å². The third-order valence-electron chi connectivity index (χ3n) is 4.65. The van der Waals surface area contributed by atoms with E-state index in [0.29, 0.717) is 18.8 Å². The van der Waals surface area contributed by atoms with Crippen LogP contribution in [0.3, 0.4) is 0 Å². The van der Waals surface area contributed by atoms with E-state index >= 15 is 0 Å². The van der Waals surface area contributed by atoms with Crippen LogP contribution < -0.4 is 4.90 Å². The summed E-state index contributed by atoms with van der Waals surface area (Å²) in [6.45, 7) is 4.87. The Balaban J connectivity index is 1.46. The van der Waals surface area contributed by atoms with Crippen LogP contribution >= 0.6 is 0 Å². The fraction of sp³-hybridized carbons (Fsp3) is 0.250. The maximum atomic E-state index is 12.9. The van der Waals surface area contributed by atoms with Crippen LogP contribution in [0, 0.1) is 6.92 Å². The Labute approximate surface area is 152 Å². The summed E-state index contributed by atoms with van der Waals surface area (Å²) in [6, 6.07) is 17.6. The molecular formula is C20H21N5O. The Bertz CT molecular complexity index is 883. The van der Waals surface area contributed by atoms with Gasteiger partial charge in [0.15, 0.2) is 5.69 Å². The van der Waals surface area contributed by atoms with Gasteiger partial charge in [-0.3, -0.25) is 4.79 Å². The van der Waals surface area contributed by atoms with E-state index in [1.165, 1.54) is 0 Å². The predicted molar refractivity (Wildman–Crippen MR) is 101 cm³/mol. The largest absolute Gasteiger partial charge is 0.353 e. The number of aromatic nitrogens is 3. The second-order valence-corrected chi connectivity index (χ2v) is 6.39. The van der Waals surface area contributed by atoms with Crippen molar-refractivity contribution in [2.75, 3.05) is 31.1 Å². The molecule has 26 heavy (non-hydrogen) atoms. The third kappa shape index (κ3) is 3.18. The number of carbonyl (C=O) groups is 1. The molecule has 6 nitrogen and oxygen atoms in total. The molecule has 0 atom stereocenters. The zero-order valence-corrected chi connectivity index (χ0v) is 14.7. The van der Waals surface area contributed by atoms with Crippen LogP contribution in [0.2, 0.25) is 0 Å². The molecule has 2 aromatic heterocycles. The molecule has 1 aromatic carbocycles. The number of anilines is 1. The van der Waals surface area contributed by atoms with Gasteiger partial charge >= 0.3 is 0 Å². The minimum absolute atomic E-state index is 0.0107. The van der Waals surface area contributed by atoms with Gasteiger partial charge in [-0.25, -0.2) is 9.67 Å². The van der Waals surface area contributed by atoms with Gasteiger partial charge in [0.1, 0.15) is 5.82 Å². The van der Waals surface area contributed by atoms with Crippen LogP contribution in [0.15, 0.2) is 60.8 Å². The Kier molecular flexibility index (Phi) is 4.39. The monoisotopic (exact) mass is 347 g/mol. The summed E-state index contributed by atoms with van der Waals surface area (Å²) >= 11 is 0. The summed E-state index contributed by atoms with van der Waals surface area (Å²) in [5.41, 5.74) is 2.41. The molecule has 1 amide bonds. The molecule has 0 radical (unpaired) electrons. The number of aryl methyl sites for hydroxylation is 1. The van der Waals surface area contributed by atoms with Crippen molar-refractivity contribution in [2.24, 2.45) is 0 Å². The van der Waals surface area contributed by atoms with E-state index in [0.717, 1.165) is 30.3 Å². The highest BCUT2D eigenvalue weighted by Gasteiger charge is 2.25. The summed E-state index contributed by atoms with van der Waals surface area (Å²) in [7, 11) is 0. The average molecular weight is 347 g/mol. The van der Waals surface area contributed by atoms with Gasteiger partial charge in [0, 0.05) is 38.1 Å². The highest BCUT2D eigenvalue weighted by molar-refractivity contribution is 5.92. The number of pyridine rings is 1. The number of amides is 1. The van der Waals surface area contributed by atoms with Gasteiger partial charge in [0.05, 0.1) is 5.69 Å². The van der Waals surface area contributed by atoms with E-state index in [1.807, 2.05) is 71.1 Å². The highest BCUT2D eigenvalue weighted by Crippen LogP contribution is 2.16. The molecule has 0 saturated carbocycles. The van der Waals surface area contributed by atoms with Gasteiger partial charge in [-0.2, -0.15) is 5.10 Å². The number of piperazine rings is 1. The summed E-state index contributed by atoms with van der Waals surface area (Å²) in [5.74, 6) is 0.951. The standard InChI is InChI=1S/C20H21N5O/c1-16-15-18(22-25(16)17-7-3-2-4-8-17)20(26)24-13-11-23(12-14-24)19-9-5-6-10-21-19/h2-10,15H,11-14H2,1H3. The molecule has 132 valence electrons. The summed E-state index contributed by atoms with van der Waals surface area (Å²) in [5, 5.41) is 4.53. The van der Waals surface area contributed by atoms with Crippen LogP contribution in [0.25, 0.3) is 5.69 Å². The molecular weight excluding hydrogens is 326 g/mol. The zero-order valence-electron chi connectivity index (χ0n) is 14.7. The first kappa shape index (κ1) is 16.3. The fourth-order valence-electron chi connectivity index (χ4n) is 3.25. The van der Waals surface area contributed by atoms with E-state index in [-0.39, 0.29) is 5.91 Å². The third-order valence-corrected chi connectivity index (χ3v) is 4.65. The zero-order chi connectivity index (χ0) is 17.9. The lowest BCUT2D eigenvalue weighted by molar-refractivity contribution is 0.0740. The number of rotatable bonds is 3. The SMILES string of the molecule is Cc1cc(C(=O)N2CCN(c3ccccn3)CC2)nn1-c1ccccc1. The molecule has 0 bridgehead atoms. The summed E-state index contributed by atoms with van der Waals surface area (Å²) in [4.78, 5) is 21.3. The second-order valence-electron chi connectivity index (χ2n) is 6.39. The molecule has 0 N–H and O–H groups in total. The Morgan fingerprint density at radius 2 is 1.69 bits per heavy atom. The number of para-hydroxylation sites is 1. The van der Waals surface area contributed by atoms with Gasteiger partial charge < -0.3 is 9.80 Å². The molecule has 0 spiro atoms. The minimum atomic E-state index is -0.0107.